The molecule has 0 amide bonds. The summed E-state index contributed by atoms with van der Waals surface area (Å²) < 4.78 is 0. The first-order valence-corrected chi connectivity index (χ1v) is 10.6. The van der Waals surface area contributed by atoms with Crippen LogP contribution in [0.5, 0.6) is 0 Å². The molecule has 2 fully saturated rings. The van der Waals surface area contributed by atoms with Crippen molar-refractivity contribution in [1.82, 2.24) is 0 Å². The molecule has 140 valence electrons. The largest absolute Gasteiger partial charge is 0.333 e. The molecule has 2 aliphatic carbocycles. The van der Waals surface area contributed by atoms with Crippen LogP contribution in [0.15, 0.2) is 30.3 Å². The maximum absolute atomic E-state index is 5.51. The summed E-state index contributed by atoms with van der Waals surface area (Å²) >= 11 is 5.51. The van der Waals surface area contributed by atoms with E-state index in [0.717, 1.165) is 5.92 Å². The van der Waals surface area contributed by atoms with Crippen molar-refractivity contribution in [3.8, 4) is 0 Å². The van der Waals surface area contributed by atoms with Crippen molar-refractivity contribution in [1.29, 1.82) is 0 Å². The standard InChI is InChI=1S/C22H32S.CH5N/c1-4-11-21(5-2)12-13-22(18-9-7-6-8-10-18)15-19(21)14-20(3,16-22)17-23;1-2/h6-10,17,19H,4-5,11-16H2,1-3H3;2H2,1H3. The summed E-state index contributed by atoms with van der Waals surface area (Å²) in [6.45, 7) is 7.20. The number of fused-ring (bicyclic) bond motifs is 2. The van der Waals surface area contributed by atoms with Crippen LogP contribution >= 0.6 is 12.2 Å². The van der Waals surface area contributed by atoms with Crippen molar-refractivity contribution in [3.63, 3.8) is 0 Å². The van der Waals surface area contributed by atoms with Gasteiger partial charge in [-0.3, -0.25) is 0 Å². The molecule has 3 rings (SSSR count). The van der Waals surface area contributed by atoms with Crippen LogP contribution in [0.4, 0.5) is 0 Å². The molecule has 1 aromatic carbocycles. The van der Waals surface area contributed by atoms with Gasteiger partial charge in [0.15, 0.2) is 0 Å². The van der Waals surface area contributed by atoms with E-state index in [1.807, 2.05) is 0 Å². The summed E-state index contributed by atoms with van der Waals surface area (Å²) in [5.41, 5.74) is 7.21. The molecule has 0 spiro atoms. The van der Waals surface area contributed by atoms with Gasteiger partial charge >= 0.3 is 0 Å². The highest BCUT2D eigenvalue weighted by atomic mass is 32.1. The Labute approximate surface area is 160 Å². The molecule has 2 bridgehead atoms. The average Bonchev–Trinajstić information content (AvgIpc) is 2.66. The molecule has 2 N–H and O–H groups in total. The SMILES string of the molecule is CCCC1(CC)CCC2(c3ccccc3)CC1CC(C)(C=S)C2.CN. The minimum absolute atomic E-state index is 0.225. The Hall–Kier alpha value is -0.730. The molecule has 0 saturated heterocycles. The average molecular weight is 360 g/mol. The van der Waals surface area contributed by atoms with E-state index in [4.69, 9.17) is 12.2 Å². The first-order valence-electron chi connectivity index (χ1n) is 10.1. The van der Waals surface area contributed by atoms with Gasteiger partial charge in [-0.1, -0.05) is 76.2 Å². The Kier molecular flexibility index (Phi) is 6.84. The third kappa shape index (κ3) is 3.85. The van der Waals surface area contributed by atoms with Gasteiger partial charge in [0.25, 0.3) is 0 Å². The maximum atomic E-state index is 5.51. The number of benzene rings is 1. The predicted molar refractivity (Wildman–Crippen MR) is 114 cm³/mol. The van der Waals surface area contributed by atoms with E-state index < -0.39 is 0 Å². The van der Waals surface area contributed by atoms with Gasteiger partial charge in [0, 0.05) is 0 Å². The summed E-state index contributed by atoms with van der Waals surface area (Å²) in [5.74, 6) is 0.833. The van der Waals surface area contributed by atoms with Gasteiger partial charge in [-0.05, 0) is 78.7 Å². The van der Waals surface area contributed by atoms with E-state index in [0.29, 0.717) is 10.8 Å². The van der Waals surface area contributed by atoms with Crippen LogP contribution < -0.4 is 5.73 Å². The molecule has 0 heterocycles. The summed E-state index contributed by atoms with van der Waals surface area (Å²) in [6, 6.07) is 11.3. The number of hydrogen-bond donors (Lipinski definition) is 1. The van der Waals surface area contributed by atoms with Gasteiger partial charge in [-0.2, -0.15) is 0 Å². The molecule has 4 atom stereocenters. The van der Waals surface area contributed by atoms with Crippen molar-refractivity contribution in [2.45, 2.75) is 77.6 Å². The third-order valence-corrected chi connectivity index (χ3v) is 7.75. The first kappa shape index (κ1) is 20.6. The molecule has 2 heteroatoms. The van der Waals surface area contributed by atoms with Crippen molar-refractivity contribution >= 4 is 17.6 Å². The quantitative estimate of drug-likeness (QED) is 0.625. The minimum atomic E-state index is 0.225. The molecule has 2 aliphatic rings. The molecule has 2 saturated carbocycles. The summed E-state index contributed by atoms with van der Waals surface area (Å²) in [6.07, 6.45) is 10.7. The van der Waals surface area contributed by atoms with Crippen LogP contribution in [0.1, 0.15) is 77.7 Å². The Morgan fingerprint density at radius 1 is 1.12 bits per heavy atom. The van der Waals surface area contributed by atoms with Gasteiger partial charge in [0.05, 0.1) is 0 Å². The Bertz CT molecular complexity index is 556. The van der Waals surface area contributed by atoms with E-state index in [1.165, 1.54) is 58.4 Å². The van der Waals surface area contributed by atoms with Crippen LogP contribution in [0.2, 0.25) is 0 Å². The lowest BCUT2D eigenvalue weighted by Crippen LogP contribution is -2.52. The van der Waals surface area contributed by atoms with Crippen molar-refractivity contribution in [2.24, 2.45) is 22.5 Å². The van der Waals surface area contributed by atoms with Gasteiger partial charge < -0.3 is 5.73 Å². The molecule has 0 radical (unpaired) electrons. The second-order valence-electron chi connectivity index (χ2n) is 8.67. The molecule has 1 aromatic rings. The van der Waals surface area contributed by atoms with E-state index >= 15 is 0 Å². The summed E-state index contributed by atoms with van der Waals surface area (Å²) in [4.78, 5) is 0. The zero-order valence-electron chi connectivity index (χ0n) is 16.7. The fourth-order valence-electron chi connectivity index (χ4n) is 6.05. The lowest BCUT2D eigenvalue weighted by molar-refractivity contribution is -0.0337. The van der Waals surface area contributed by atoms with E-state index in [-0.39, 0.29) is 5.41 Å². The van der Waals surface area contributed by atoms with Crippen LogP contribution in [0.3, 0.4) is 0 Å². The first-order chi connectivity index (χ1) is 12.0. The van der Waals surface area contributed by atoms with Crippen LogP contribution in [-0.2, 0) is 5.41 Å². The number of thiocarbonyl (C=S) groups is 1. The fraction of sp³-hybridized carbons (Fsp3) is 0.696. The molecular formula is C23H37NS. The highest BCUT2D eigenvalue weighted by Crippen LogP contribution is 2.63. The van der Waals surface area contributed by atoms with Crippen molar-refractivity contribution in [2.75, 3.05) is 7.05 Å². The highest BCUT2D eigenvalue weighted by molar-refractivity contribution is 7.79. The minimum Gasteiger partial charge on any atom is -0.333 e. The van der Waals surface area contributed by atoms with E-state index in [2.05, 4.69) is 62.2 Å². The summed E-state index contributed by atoms with van der Waals surface area (Å²) in [5, 5.41) is 2.11. The van der Waals surface area contributed by atoms with Gasteiger partial charge in [-0.15, -0.1) is 0 Å². The summed E-state index contributed by atoms with van der Waals surface area (Å²) in [7, 11) is 1.50. The second-order valence-corrected chi connectivity index (χ2v) is 8.90. The van der Waals surface area contributed by atoms with Gasteiger partial charge in [-0.25, -0.2) is 0 Å². The monoisotopic (exact) mass is 359 g/mol. The smallest absolute Gasteiger partial charge is 0.00306 e. The molecule has 1 nitrogen and oxygen atoms in total. The molecule has 0 aliphatic heterocycles. The molecule has 4 unspecified atom stereocenters. The Morgan fingerprint density at radius 3 is 2.36 bits per heavy atom. The lowest BCUT2D eigenvalue weighted by Gasteiger charge is -2.59. The van der Waals surface area contributed by atoms with Crippen molar-refractivity contribution in [3.05, 3.63) is 35.9 Å². The topological polar surface area (TPSA) is 26.0 Å². The Morgan fingerprint density at radius 2 is 1.80 bits per heavy atom. The number of hydrogen-bond acceptors (Lipinski definition) is 2. The lowest BCUT2D eigenvalue weighted by atomic mass is 9.45. The van der Waals surface area contributed by atoms with Crippen molar-refractivity contribution < 1.29 is 0 Å². The van der Waals surface area contributed by atoms with Gasteiger partial charge in [0.2, 0.25) is 0 Å². The highest BCUT2D eigenvalue weighted by Gasteiger charge is 2.55. The molecule has 25 heavy (non-hydrogen) atoms. The van der Waals surface area contributed by atoms with E-state index in [1.54, 1.807) is 5.56 Å². The van der Waals surface area contributed by atoms with Gasteiger partial charge in [0.1, 0.15) is 0 Å². The van der Waals surface area contributed by atoms with Crippen LogP contribution in [0, 0.1) is 16.7 Å². The Balaban J connectivity index is 0.00000109. The zero-order chi connectivity index (χ0) is 18.6. The maximum Gasteiger partial charge on any atom is -0.00306 e. The van der Waals surface area contributed by atoms with E-state index in [9.17, 15) is 0 Å². The fourth-order valence-corrected chi connectivity index (χ4v) is 6.23. The number of rotatable bonds is 5. The third-order valence-electron chi connectivity index (χ3n) is 7.18. The van der Waals surface area contributed by atoms with Crippen LogP contribution in [0.25, 0.3) is 0 Å². The number of nitrogens with two attached hydrogens (primary N) is 1. The molecular weight excluding hydrogens is 322 g/mol. The zero-order valence-corrected chi connectivity index (χ0v) is 17.5. The molecule has 0 aromatic heterocycles. The second kappa shape index (κ2) is 8.31. The normalized spacial score (nSPS) is 36.9. The van der Waals surface area contributed by atoms with Crippen LogP contribution in [-0.4, -0.2) is 12.4 Å². The predicted octanol–water partition coefficient (Wildman–Crippen LogP) is 6.30.